The van der Waals surface area contributed by atoms with Crippen molar-refractivity contribution in [2.45, 2.75) is 64.0 Å². The van der Waals surface area contributed by atoms with Crippen LogP contribution in [0.25, 0.3) is 0 Å². The standard InChI is InChI=1S/C17H37N3O/c1-5-11-18-17(6-2,15-21)10-8-13-20-12-7-9-16(14-20)19(3)4/h16,18,21H,5-15H2,1-4H3. The van der Waals surface area contributed by atoms with E-state index in [9.17, 15) is 5.11 Å². The molecule has 1 fully saturated rings. The highest BCUT2D eigenvalue weighted by molar-refractivity contribution is 4.87. The Hall–Kier alpha value is -0.160. The van der Waals surface area contributed by atoms with Crippen molar-refractivity contribution in [3.05, 3.63) is 0 Å². The van der Waals surface area contributed by atoms with Gasteiger partial charge in [-0.3, -0.25) is 0 Å². The van der Waals surface area contributed by atoms with Crippen LogP contribution in [-0.2, 0) is 0 Å². The van der Waals surface area contributed by atoms with Gasteiger partial charge in [0, 0.05) is 18.1 Å². The lowest BCUT2D eigenvalue weighted by molar-refractivity contribution is 0.115. The molecule has 0 bridgehead atoms. The summed E-state index contributed by atoms with van der Waals surface area (Å²) in [6.45, 7) is 9.23. The molecule has 2 unspecified atom stereocenters. The largest absolute Gasteiger partial charge is 0.394 e. The second-order valence-electron chi connectivity index (χ2n) is 6.88. The maximum Gasteiger partial charge on any atom is 0.0613 e. The molecule has 1 rings (SSSR count). The second-order valence-corrected chi connectivity index (χ2v) is 6.88. The lowest BCUT2D eigenvalue weighted by Gasteiger charge is -2.37. The summed E-state index contributed by atoms with van der Waals surface area (Å²) in [7, 11) is 4.38. The average Bonchev–Trinajstić information content (AvgIpc) is 2.51. The van der Waals surface area contributed by atoms with Crippen molar-refractivity contribution in [2.75, 3.05) is 46.9 Å². The van der Waals surface area contributed by atoms with Crippen molar-refractivity contribution >= 4 is 0 Å². The van der Waals surface area contributed by atoms with Crippen molar-refractivity contribution in [3.63, 3.8) is 0 Å². The smallest absolute Gasteiger partial charge is 0.0613 e. The fourth-order valence-electron chi connectivity index (χ4n) is 3.32. The van der Waals surface area contributed by atoms with Gasteiger partial charge in [-0.25, -0.2) is 0 Å². The molecular weight excluding hydrogens is 262 g/mol. The zero-order chi connectivity index (χ0) is 15.7. The third-order valence-corrected chi connectivity index (χ3v) is 5.07. The summed E-state index contributed by atoms with van der Waals surface area (Å²) in [5.41, 5.74) is -0.0628. The summed E-state index contributed by atoms with van der Waals surface area (Å²) in [6, 6.07) is 0.714. The minimum absolute atomic E-state index is 0.0628. The number of hydrogen-bond donors (Lipinski definition) is 2. The first-order valence-electron chi connectivity index (χ1n) is 8.81. The number of piperidine rings is 1. The lowest BCUT2D eigenvalue weighted by Crippen LogP contribution is -2.49. The summed E-state index contributed by atoms with van der Waals surface area (Å²) in [6.07, 6.45) is 7.02. The van der Waals surface area contributed by atoms with Gasteiger partial charge in [-0.15, -0.1) is 0 Å². The fourth-order valence-corrected chi connectivity index (χ4v) is 3.32. The second kappa shape index (κ2) is 9.78. The Morgan fingerprint density at radius 3 is 2.67 bits per heavy atom. The summed E-state index contributed by atoms with van der Waals surface area (Å²) >= 11 is 0. The van der Waals surface area contributed by atoms with E-state index >= 15 is 0 Å². The highest BCUT2D eigenvalue weighted by Crippen LogP contribution is 2.19. The van der Waals surface area contributed by atoms with Gasteiger partial charge in [0.05, 0.1) is 6.61 Å². The van der Waals surface area contributed by atoms with E-state index < -0.39 is 0 Å². The summed E-state index contributed by atoms with van der Waals surface area (Å²) < 4.78 is 0. The number of hydrogen-bond acceptors (Lipinski definition) is 4. The van der Waals surface area contributed by atoms with Crippen LogP contribution >= 0.6 is 0 Å². The number of aliphatic hydroxyl groups excluding tert-OH is 1. The van der Waals surface area contributed by atoms with E-state index in [0.29, 0.717) is 6.04 Å². The van der Waals surface area contributed by atoms with E-state index in [0.717, 1.165) is 25.8 Å². The fraction of sp³-hybridized carbons (Fsp3) is 1.00. The van der Waals surface area contributed by atoms with Crippen LogP contribution < -0.4 is 5.32 Å². The van der Waals surface area contributed by atoms with Crippen LogP contribution in [0.15, 0.2) is 0 Å². The topological polar surface area (TPSA) is 38.7 Å². The first-order valence-corrected chi connectivity index (χ1v) is 8.81. The number of nitrogens with one attached hydrogen (secondary N) is 1. The van der Waals surface area contributed by atoms with Gasteiger partial charge < -0.3 is 20.2 Å². The number of likely N-dealkylation sites (tertiary alicyclic amines) is 1. The molecule has 0 aromatic rings. The van der Waals surface area contributed by atoms with Crippen molar-refractivity contribution in [3.8, 4) is 0 Å². The van der Waals surface area contributed by atoms with Crippen molar-refractivity contribution < 1.29 is 5.11 Å². The predicted molar refractivity (Wildman–Crippen MR) is 90.8 cm³/mol. The molecule has 4 heteroatoms. The van der Waals surface area contributed by atoms with Crippen molar-refractivity contribution in [1.29, 1.82) is 0 Å². The molecule has 0 aromatic heterocycles. The maximum absolute atomic E-state index is 9.77. The number of likely N-dealkylation sites (N-methyl/N-ethyl adjacent to an activating group) is 1. The molecule has 1 aliphatic heterocycles. The van der Waals surface area contributed by atoms with Crippen LogP contribution in [0.3, 0.4) is 0 Å². The van der Waals surface area contributed by atoms with Crippen LogP contribution in [0.2, 0.25) is 0 Å². The van der Waals surface area contributed by atoms with Gasteiger partial charge in [0.25, 0.3) is 0 Å². The molecule has 2 N–H and O–H groups in total. The minimum Gasteiger partial charge on any atom is -0.394 e. The molecule has 0 spiro atoms. The third-order valence-electron chi connectivity index (χ3n) is 5.07. The monoisotopic (exact) mass is 299 g/mol. The van der Waals surface area contributed by atoms with E-state index in [2.05, 4.69) is 43.1 Å². The Bertz CT molecular complexity index is 267. The van der Waals surface area contributed by atoms with Gasteiger partial charge in [-0.1, -0.05) is 13.8 Å². The molecule has 2 atom stereocenters. The van der Waals surface area contributed by atoms with Crippen LogP contribution in [0.1, 0.15) is 52.4 Å². The van der Waals surface area contributed by atoms with Gasteiger partial charge in [-0.2, -0.15) is 0 Å². The number of nitrogens with zero attached hydrogens (tertiary/aromatic N) is 2. The third kappa shape index (κ3) is 6.23. The highest BCUT2D eigenvalue weighted by Gasteiger charge is 2.27. The highest BCUT2D eigenvalue weighted by atomic mass is 16.3. The van der Waals surface area contributed by atoms with Crippen LogP contribution in [-0.4, -0.2) is 73.4 Å². The first kappa shape index (κ1) is 18.9. The van der Waals surface area contributed by atoms with Gasteiger partial charge >= 0.3 is 0 Å². The summed E-state index contributed by atoms with van der Waals surface area (Å²) in [5, 5.41) is 13.3. The number of aliphatic hydroxyl groups is 1. The molecule has 21 heavy (non-hydrogen) atoms. The molecule has 1 saturated heterocycles. The molecule has 0 amide bonds. The van der Waals surface area contributed by atoms with Gasteiger partial charge in [0.2, 0.25) is 0 Å². The molecule has 1 aliphatic rings. The van der Waals surface area contributed by atoms with E-state index in [1.165, 1.54) is 38.9 Å². The SMILES string of the molecule is CCCNC(CC)(CO)CCCN1CCCC(N(C)C)C1. The predicted octanol–water partition coefficient (Wildman–Crippen LogP) is 1.93. The lowest BCUT2D eigenvalue weighted by atomic mass is 9.90. The van der Waals surface area contributed by atoms with Crippen LogP contribution in [0.5, 0.6) is 0 Å². The van der Waals surface area contributed by atoms with E-state index in [1.54, 1.807) is 0 Å². The Morgan fingerprint density at radius 1 is 1.33 bits per heavy atom. The molecule has 0 saturated carbocycles. The van der Waals surface area contributed by atoms with Gasteiger partial charge in [-0.05, 0) is 72.3 Å². The van der Waals surface area contributed by atoms with Crippen LogP contribution in [0, 0.1) is 0 Å². The van der Waals surface area contributed by atoms with E-state index in [4.69, 9.17) is 0 Å². The van der Waals surface area contributed by atoms with Gasteiger partial charge in [0.15, 0.2) is 0 Å². The molecule has 4 nitrogen and oxygen atoms in total. The summed E-state index contributed by atoms with van der Waals surface area (Å²) in [4.78, 5) is 4.96. The first-order chi connectivity index (χ1) is 10.1. The van der Waals surface area contributed by atoms with Crippen LogP contribution in [0.4, 0.5) is 0 Å². The zero-order valence-electron chi connectivity index (χ0n) is 14.7. The normalized spacial score (nSPS) is 23.4. The molecule has 0 radical (unpaired) electrons. The zero-order valence-corrected chi connectivity index (χ0v) is 14.7. The van der Waals surface area contributed by atoms with Crippen molar-refractivity contribution in [2.24, 2.45) is 0 Å². The van der Waals surface area contributed by atoms with Gasteiger partial charge in [0.1, 0.15) is 0 Å². The Balaban J connectivity index is 2.36. The molecule has 0 aliphatic carbocycles. The molecule has 126 valence electrons. The molecular formula is C17H37N3O. The van der Waals surface area contributed by atoms with E-state index in [1.807, 2.05) is 0 Å². The molecule has 1 heterocycles. The van der Waals surface area contributed by atoms with E-state index in [-0.39, 0.29) is 12.1 Å². The Labute approximate surface area is 131 Å². The number of rotatable bonds is 10. The van der Waals surface area contributed by atoms with Crippen molar-refractivity contribution in [1.82, 2.24) is 15.1 Å². The Kier molecular flexibility index (Phi) is 8.79. The summed E-state index contributed by atoms with van der Waals surface area (Å²) in [5.74, 6) is 0. The minimum atomic E-state index is -0.0628. The average molecular weight is 300 g/mol. The Morgan fingerprint density at radius 2 is 2.10 bits per heavy atom. The quantitative estimate of drug-likeness (QED) is 0.646. The maximum atomic E-state index is 9.77. The molecule has 0 aromatic carbocycles.